The number of carbonyl (C=O) groups is 1. The highest BCUT2D eigenvalue weighted by Gasteiger charge is 2.36. The van der Waals surface area contributed by atoms with Gasteiger partial charge in [-0.25, -0.2) is 4.98 Å². The van der Waals surface area contributed by atoms with Gasteiger partial charge >= 0.3 is 0 Å². The van der Waals surface area contributed by atoms with E-state index in [0.29, 0.717) is 18.9 Å². The van der Waals surface area contributed by atoms with Crippen molar-refractivity contribution < 1.29 is 4.79 Å². The number of hydrogen-bond donors (Lipinski definition) is 1. The maximum atomic E-state index is 13.2. The number of amides is 1. The van der Waals surface area contributed by atoms with Crippen molar-refractivity contribution in [2.75, 3.05) is 26.2 Å². The molecule has 3 aliphatic heterocycles. The Labute approximate surface area is 170 Å². The Hall–Kier alpha value is -2.41. The van der Waals surface area contributed by atoms with Crippen molar-refractivity contribution in [1.82, 2.24) is 24.3 Å². The summed E-state index contributed by atoms with van der Waals surface area (Å²) in [6.45, 7) is 5.13. The monoisotopic (exact) mass is 395 g/mol. The Kier molecular flexibility index (Phi) is 4.99. The average molecular weight is 396 g/mol. The third-order valence-electron chi connectivity index (χ3n) is 6.77. The Bertz CT molecular complexity index is 929. The number of aromatic nitrogens is 3. The van der Waals surface area contributed by atoms with Gasteiger partial charge in [0, 0.05) is 55.2 Å². The minimum Gasteiger partial charge on any atom is -0.348 e. The van der Waals surface area contributed by atoms with Gasteiger partial charge in [0.25, 0.3) is 5.56 Å². The fourth-order valence-electron chi connectivity index (χ4n) is 5.33. The van der Waals surface area contributed by atoms with Gasteiger partial charge in [-0.05, 0) is 44.3 Å². The molecule has 0 radical (unpaired) electrons. The summed E-state index contributed by atoms with van der Waals surface area (Å²) in [5.41, 5.74) is 3.06. The minimum absolute atomic E-state index is 0.140. The zero-order chi connectivity index (χ0) is 19.8. The number of nitrogens with zero attached hydrogens (tertiary/aromatic N) is 4. The van der Waals surface area contributed by atoms with Crippen LogP contribution in [-0.4, -0.2) is 56.4 Å². The summed E-state index contributed by atoms with van der Waals surface area (Å²) in [4.78, 5) is 37.3. The summed E-state index contributed by atoms with van der Waals surface area (Å²) >= 11 is 0. The second kappa shape index (κ2) is 7.78. The number of aromatic amines is 1. The number of nitrogens with one attached hydrogen (secondary N) is 1. The molecule has 2 saturated heterocycles. The fraction of sp³-hybridized carbons (Fsp3) is 0.591. The minimum atomic E-state index is 0.140. The van der Waals surface area contributed by atoms with E-state index in [1.165, 1.54) is 19.3 Å². The predicted octanol–water partition coefficient (Wildman–Crippen LogP) is 1.75. The molecule has 0 aromatic carbocycles. The van der Waals surface area contributed by atoms with Crippen LogP contribution in [0.15, 0.2) is 29.5 Å². The highest BCUT2D eigenvalue weighted by atomic mass is 16.2. The predicted molar refractivity (Wildman–Crippen MR) is 110 cm³/mol. The maximum absolute atomic E-state index is 13.2. The molecule has 0 saturated carbocycles. The van der Waals surface area contributed by atoms with E-state index in [0.717, 1.165) is 56.1 Å². The van der Waals surface area contributed by atoms with Crippen molar-refractivity contribution >= 4 is 5.91 Å². The highest BCUT2D eigenvalue weighted by Crippen LogP contribution is 2.35. The quantitative estimate of drug-likeness (QED) is 0.856. The first kappa shape index (κ1) is 18.6. The molecule has 154 valence electrons. The van der Waals surface area contributed by atoms with Gasteiger partial charge < -0.3 is 14.5 Å². The van der Waals surface area contributed by atoms with Gasteiger partial charge in [0.05, 0.1) is 12.7 Å². The number of likely N-dealkylation sites (tertiary alicyclic amines) is 2. The van der Waals surface area contributed by atoms with Crippen LogP contribution < -0.4 is 5.56 Å². The van der Waals surface area contributed by atoms with Gasteiger partial charge in [-0.3, -0.25) is 14.5 Å². The highest BCUT2D eigenvalue weighted by molar-refractivity contribution is 5.78. The number of carbonyl (C=O) groups excluding carboxylic acids is 1. The molecule has 0 aliphatic carbocycles. The van der Waals surface area contributed by atoms with E-state index in [2.05, 4.69) is 20.9 Å². The standard InChI is InChI=1S/C22H29N5O2/c28-21(9-19-10-23-15-24-19)26-11-16-8-18(14-26)20-5-4-17(22(29)27(20)12-16)13-25-6-2-1-3-7-25/h4-5,10,15-16,18H,1-3,6-9,11-14H2,(H,23,24)/t16-,18+/m0/s1. The first-order valence-corrected chi connectivity index (χ1v) is 10.9. The molecule has 5 rings (SSSR count). The third-order valence-corrected chi connectivity index (χ3v) is 6.77. The molecule has 7 heteroatoms. The molecular weight excluding hydrogens is 366 g/mol. The second-order valence-electron chi connectivity index (χ2n) is 8.89. The Morgan fingerprint density at radius 1 is 1.14 bits per heavy atom. The van der Waals surface area contributed by atoms with E-state index in [1.807, 2.05) is 15.5 Å². The summed E-state index contributed by atoms with van der Waals surface area (Å²) in [7, 11) is 0. The van der Waals surface area contributed by atoms with Crippen molar-refractivity contribution in [1.29, 1.82) is 0 Å². The fourth-order valence-corrected chi connectivity index (χ4v) is 5.33. The number of imidazole rings is 1. The molecule has 5 heterocycles. The van der Waals surface area contributed by atoms with Crippen molar-refractivity contribution in [3.63, 3.8) is 0 Å². The topological polar surface area (TPSA) is 74.2 Å². The molecule has 29 heavy (non-hydrogen) atoms. The van der Waals surface area contributed by atoms with Gasteiger partial charge in [0.2, 0.25) is 5.91 Å². The third kappa shape index (κ3) is 3.75. The van der Waals surface area contributed by atoms with Crippen molar-refractivity contribution in [3.8, 4) is 0 Å². The lowest BCUT2D eigenvalue weighted by atomic mass is 9.82. The first-order valence-electron chi connectivity index (χ1n) is 10.9. The largest absolute Gasteiger partial charge is 0.348 e. The van der Waals surface area contributed by atoms with Crippen molar-refractivity contribution in [2.24, 2.45) is 5.92 Å². The van der Waals surface area contributed by atoms with Crippen LogP contribution >= 0.6 is 0 Å². The van der Waals surface area contributed by atoms with Crippen molar-refractivity contribution in [3.05, 3.63) is 52.0 Å². The summed E-state index contributed by atoms with van der Waals surface area (Å²) < 4.78 is 2.01. The number of pyridine rings is 1. The van der Waals surface area contributed by atoms with E-state index in [1.54, 1.807) is 12.5 Å². The lowest BCUT2D eigenvalue weighted by Crippen LogP contribution is -2.50. The smallest absolute Gasteiger partial charge is 0.255 e. The Morgan fingerprint density at radius 3 is 2.79 bits per heavy atom. The van der Waals surface area contributed by atoms with Crippen LogP contribution in [0.5, 0.6) is 0 Å². The Morgan fingerprint density at radius 2 is 2.00 bits per heavy atom. The van der Waals surface area contributed by atoms with E-state index in [9.17, 15) is 9.59 Å². The second-order valence-corrected chi connectivity index (χ2v) is 8.89. The zero-order valence-electron chi connectivity index (χ0n) is 16.8. The van der Waals surface area contributed by atoms with Gasteiger partial charge in [-0.2, -0.15) is 0 Å². The molecule has 2 fully saturated rings. The number of fused-ring (bicyclic) bond motifs is 4. The number of hydrogen-bond acceptors (Lipinski definition) is 4. The molecule has 1 N–H and O–H groups in total. The number of piperidine rings is 2. The molecule has 2 atom stereocenters. The van der Waals surface area contributed by atoms with Gasteiger partial charge in [0.15, 0.2) is 0 Å². The zero-order valence-corrected chi connectivity index (χ0v) is 16.8. The number of H-pyrrole nitrogens is 1. The molecule has 2 aromatic heterocycles. The van der Waals surface area contributed by atoms with Crippen LogP contribution in [0.25, 0.3) is 0 Å². The van der Waals surface area contributed by atoms with Gasteiger partial charge in [0.1, 0.15) is 0 Å². The molecule has 3 aliphatic rings. The molecule has 7 nitrogen and oxygen atoms in total. The van der Waals surface area contributed by atoms with Crippen LogP contribution in [-0.2, 0) is 24.3 Å². The van der Waals surface area contributed by atoms with E-state index in [4.69, 9.17) is 0 Å². The molecule has 2 aromatic rings. The normalized spacial score (nSPS) is 24.3. The van der Waals surface area contributed by atoms with Crippen molar-refractivity contribution in [2.45, 2.75) is 51.1 Å². The molecule has 0 spiro atoms. The molecule has 1 amide bonds. The molecular formula is C22H29N5O2. The van der Waals surface area contributed by atoms with E-state index in [-0.39, 0.29) is 17.4 Å². The van der Waals surface area contributed by atoms with Crippen LogP contribution in [0.3, 0.4) is 0 Å². The first-order chi connectivity index (χ1) is 14.2. The number of rotatable bonds is 4. The Balaban J connectivity index is 1.33. The lowest BCUT2D eigenvalue weighted by Gasteiger charge is -2.43. The van der Waals surface area contributed by atoms with Crippen LogP contribution in [0.1, 0.15) is 48.6 Å². The van der Waals surface area contributed by atoms with Gasteiger partial charge in [-0.15, -0.1) is 0 Å². The lowest BCUT2D eigenvalue weighted by molar-refractivity contribution is -0.133. The average Bonchev–Trinajstić information content (AvgIpc) is 3.24. The SMILES string of the molecule is O=C(Cc1cnc[nH]1)N1C[C@@H]2C[C@H](C1)c1ccc(CN3CCCCC3)c(=O)n1C2. The van der Waals surface area contributed by atoms with Crippen LogP contribution in [0, 0.1) is 5.92 Å². The van der Waals surface area contributed by atoms with E-state index >= 15 is 0 Å². The summed E-state index contributed by atoms with van der Waals surface area (Å²) in [6.07, 6.45) is 8.52. The summed E-state index contributed by atoms with van der Waals surface area (Å²) in [6, 6.07) is 4.18. The van der Waals surface area contributed by atoms with Crippen LogP contribution in [0.4, 0.5) is 0 Å². The summed E-state index contributed by atoms with van der Waals surface area (Å²) in [5.74, 6) is 0.751. The summed E-state index contributed by atoms with van der Waals surface area (Å²) in [5, 5.41) is 0. The maximum Gasteiger partial charge on any atom is 0.255 e. The van der Waals surface area contributed by atoms with E-state index < -0.39 is 0 Å². The van der Waals surface area contributed by atoms with Gasteiger partial charge in [-0.1, -0.05) is 12.5 Å². The molecule has 2 bridgehead atoms. The van der Waals surface area contributed by atoms with Crippen LogP contribution in [0.2, 0.25) is 0 Å². The molecule has 0 unspecified atom stereocenters.